The zero-order valence-corrected chi connectivity index (χ0v) is 13.4. The summed E-state index contributed by atoms with van der Waals surface area (Å²) in [5.74, 6) is 1.99. The number of hydrogen-bond donors (Lipinski definition) is 1. The first-order valence-electron chi connectivity index (χ1n) is 7.31. The van der Waals surface area contributed by atoms with Gasteiger partial charge in [0.1, 0.15) is 5.54 Å². The molecule has 5 heteroatoms. The van der Waals surface area contributed by atoms with Gasteiger partial charge in [0.05, 0.1) is 6.54 Å². The van der Waals surface area contributed by atoms with Gasteiger partial charge in [0.15, 0.2) is 0 Å². The minimum absolute atomic E-state index is 0.0187. The molecule has 1 fully saturated rings. The van der Waals surface area contributed by atoms with Gasteiger partial charge in [-0.05, 0) is 30.4 Å². The Kier molecular flexibility index (Phi) is 5.28. The van der Waals surface area contributed by atoms with Crippen LogP contribution < -0.4 is 5.32 Å². The third kappa shape index (κ3) is 3.59. The fourth-order valence-electron chi connectivity index (χ4n) is 2.58. The third-order valence-corrected chi connectivity index (χ3v) is 4.70. The van der Waals surface area contributed by atoms with Crippen LogP contribution in [0.15, 0.2) is 30.3 Å². The lowest BCUT2D eigenvalue weighted by Crippen LogP contribution is -2.63. The summed E-state index contributed by atoms with van der Waals surface area (Å²) in [6.07, 6.45) is 0.919. The molecule has 2 amide bonds. The normalized spacial score (nSPS) is 22.3. The number of thioether (sulfide) groups is 1. The summed E-state index contributed by atoms with van der Waals surface area (Å²) in [6.45, 7) is 4.71. The average molecular weight is 306 g/mol. The van der Waals surface area contributed by atoms with Crippen LogP contribution in [-0.2, 0) is 15.1 Å². The van der Waals surface area contributed by atoms with Crippen LogP contribution in [0.5, 0.6) is 0 Å². The highest BCUT2D eigenvalue weighted by Crippen LogP contribution is 2.26. The molecule has 0 saturated carbocycles. The molecule has 0 aromatic heterocycles. The number of nitrogens with one attached hydrogen (secondary N) is 1. The Morgan fingerprint density at radius 3 is 2.67 bits per heavy atom. The Balaban J connectivity index is 2.12. The Morgan fingerprint density at radius 2 is 2.00 bits per heavy atom. The minimum atomic E-state index is -0.950. The van der Waals surface area contributed by atoms with E-state index in [1.54, 1.807) is 11.8 Å². The molecule has 1 heterocycles. The maximum atomic E-state index is 12.8. The lowest BCUT2D eigenvalue weighted by Gasteiger charge is -2.40. The number of carbonyl (C=O) groups is 2. The van der Waals surface area contributed by atoms with Gasteiger partial charge in [0.2, 0.25) is 5.91 Å². The molecular formula is C16H22N2O2S. The van der Waals surface area contributed by atoms with Crippen molar-refractivity contribution in [3.05, 3.63) is 35.9 Å². The highest BCUT2D eigenvalue weighted by atomic mass is 32.2. The second-order valence-corrected chi connectivity index (χ2v) is 6.71. The number of nitrogens with zero attached hydrogens (tertiary/aromatic N) is 1. The number of benzene rings is 1. The van der Waals surface area contributed by atoms with Crippen molar-refractivity contribution in [2.24, 2.45) is 0 Å². The van der Waals surface area contributed by atoms with Crippen molar-refractivity contribution >= 4 is 23.6 Å². The van der Waals surface area contributed by atoms with Crippen LogP contribution in [0, 0.1) is 0 Å². The molecule has 0 aliphatic carbocycles. The van der Waals surface area contributed by atoms with Gasteiger partial charge in [-0.1, -0.05) is 37.3 Å². The van der Waals surface area contributed by atoms with Gasteiger partial charge in [0, 0.05) is 6.54 Å². The SMILES string of the molecule is CCSCCCN1CC(=O)NC(C)(c2ccccc2)C1=O. The summed E-state index contributed by atoms with van der Waals surface area (Å²) in [5, 5.41) is 2.86. The monoisotopic (exact) mass is 306 g/mol. The molecule has 1 unspecified atom stereocenters. The molecule has 2 rings (SSSR count). The van der Waals surface area contributed by atoms with Crippen LogP contribution in [0.4, 0.5) is 0 Å². The summed E-state index contributed by atoms with van der Waals surface area (Å²) in [5.41, 5.74) is -0.120. The van der Waals surface area contributed by atoms with Crippen molar-refractivity contribution in [1.82, 2.24) is 10.2 Å². The van der Waals surface area contributed by atoms with Crippen molar-refractivity contribution in [2.45, 2.75) is 25.8 Å². The quantitative estimate of drug-likeness (QED) is 0.818. The van der Waals surface area contributed by atoms with Crippen LogP contribution in [-0.4, -0.2) is 41.3 Å². The van der Waals surface area contributed by atoms with E-state index in [9.17, 15) is 9.59 Å². The molecule has 0 spiro atoms. The van der Waals surface area contributed by atoms with Gasteiger partial charge >= 0.3 is 0 Å². The van der Waals surface area contributed by atoms with Crippen molar-refractivity contribution in [2.75, 3.05) is 24.6 Å². The molecule has 1 aliphatic heterocycles. The Morgan fingerprint density at radius 1 is 1.29 bits per heavy atom. The number of rotatable bonds is 6. The maximum absolute atomic E-state index is 12.8. The largest absolute Gasteiger partial charge is 0.337 e. The smallest absolute Gasteiger partial charge is 0.253 e. The standard InChI is InChI=1S/C16H22N2O2S/c1-3-21-11-7-10-18-12-14(19)17-16(2,15(18)20)13-8-5-4-6-9-13/h4-6,8-9H,3,7,10-12H2,1-2H3,(H,17,19). The Labute approximate surface area is 130 Å². The summed E-state index contributed by atoms with van der Waals surface area (Å²) < 4.78 is 0. The van der Waals surface area contributed by atoms with Gasteiger partial charge in [-0.3, -0.25) is 9.59 Å². The second-order valence-electron chi connectivity index (χ2n) is 5.32. The first kappa shape index (κ1) is 15.9. The fourth-order valence-corrected chi connectivity index (χ4v) is 3.20. The minimum Gasteiger partial charge on any atom is -0.337 e. The van der Waals surface area contributed by atoms with Gasteiger partial charge in [-0.25, -0.2) is 0 Å². The van der Waals surface area contributed by atoms with Crippen LogP contribution in [0.3, 0.4) is 0 Å². The highest BCUT2D eigenvalue weighted by molar-refractivity contribution is 7.99. The molecule has 21 heavy (non-hydrogen) atoms. The van der Waals surface area contributed by atoms with Crippen molar-refractivity contribution in [3.63, 3.8) is 0 Å². The van der Waals surface area contributed by atoms with E-state index in [1.807, 2.05) is 42.1 Å². The van der Waals surface area contributed by atoms with Gasteiger partial charge in [0.25, 0.3) is 5.91 Å². The van der Waals surface area contributed by atoms with E-state index in [2.05, 4.69) is 12.2 Å². The van der Waals surface area contributed by atoms with E-state index in [4.69, 9.17) is 0 Å². The lowest BCUT2D eigenvalue weighted by atomic mass is 9.88. The number of amides is 2. The molecule has 1 atom stereocenters. The predicted octanol–water partition coefficient (Wildman–Crippen LogP) is 2.00. The zero-order valence-electron chi connectivity index (χ0n) is 12.6. The van der Waals surface area contributed by atoms with E-state index in [0.717, 1.165) is 23.5 Å². The van der Waals surface area contributed by atoms with Gasteiger partial charge in [-0.2, -0.15) is 11.8 Å². The Bertz CT molecular complexity index is 506. The van der Waals surface area contributed by atoms with Crippen molar-refractivity contribution < 1.29 is 9.59 Å². The lowest BCUT2D eigenvalue weighted by molar-refractivity contribution is -0.149. The van der Waals surface area contributed by atoms with Crippen molar-refractivity contribution in [3.8, 4) is 0 Å². The summed E-state index contributed by atoms with van der Waals surface area (Å²) in [4.78, 5) is 26.4. The molecule has 1 aromatic carbocycles. The molecule has 4 nitrogen and oxygen atoms in total. The van der Waals surface area contributed by atoms with E-state index in [-0.39, 0.29) is 18.4 Å². The summed E-state index contributed by atoms with van der Waals surface area (Å²) in [6, 6.07) is 9.44. The van der Waals surface area contributed by atoms with Crippen LogP contribution in [0.25, 0.3) is 0 Å². The van der Waals surface area contributed by atoms with E-state index >= 15 is 0 Å². The fraction of sp³-hybridized carbons (Fsp3) is 0.500. The predicted molar refractivity (Wildman–Crippen MR) is 86.1 cm³/mol. The van der Waals surface area contributed by atoms with Crippen LogP contribution >= 0.6 is 11.8 Å². The van der Waals surface area contributed by atoms with Crippen LogP contribution in [0.1, 0.15) is 25.8 Å². The van der Waals surface area contributed by atoms with Crippen molar-refractivity contribution in [1.29, 1.82) is 0 Å². The number of carbonyl (C=O) groups excluding carboxylic acids is 2. The Hall–Kier alpha value is -1.49. The maximum Gasteiger partial charge on any atom is 0.253 e. The molecule has 0 bridgehead atoms. The number of piperazine rings is 1. The third-order valence-electron chi connectivity index (χ3n) is 3.71. The molecule has 1 aromatic rings. The van der Waals surface area contributed by atoms with E-state index < -0.39 is 5.54 Å². The molecule has 0 radical (unpaired) electrons. The average Bonchev–Trinajstić information content (AvgIpc) is 2.49. The first-order valence-corrected chi connectivity index (χ1v) is 8.47. The van der Waals surface area contributed by atoms with E-state index in [1.165, 1.54) is 0 Å². The number of hydrogen-bond acceptors (Lipinski definition) is 3. The molecule has 1 aliphatic rings. The molecular weight excluding hydrogens is 284 g/mol. The molecule has 1 saturated heterocycles. The van der Waals surface area contributed by atoms with E-state index in [0.29, 0.717) is 6.54 Å². The second kappa shape index (κ2) is 6.98. The van der Waals surface area contributed by atoms with Gasteiger partial charge in [-0.15, -0.1) is 0 Å². The summed E-state index contributed by atoms with van der Waals surface area (Å²) in [7, 11) is 0. The topological polar surface area (TPSA) is 49.4 Å². The first-order chi connectivity index (χ1) is 10.1. The molecule has 114 valence electrons. The molecule has 1 N–H and O–H groups in total. The highest BCUT2D eigenvalue weighted by Gasteiger charge is 2.43. The zero-order chi connectivity index (χ0) is 15.3. The van der Waals surface area contributed by atoms with Gasteiger partial charge < -0.3 is 10.2 Å². The summed E-state index contributed by atoms with van der Waals surface area (Å²) >= 11 is 1.86. The van der Waals surface area contributed by atoms with Crippen LogP contribution in [0.2, 0.25) is 0 Å².